The average molecular weight is 513 g/mol. The van der Waals surface area contributed by atoms with Crippen molar-refractivity contribution in [1.82, 2.24) is 9.29 Å². The van der Waals surface area contributed by atoms with Crippen molar-refractivity contribution in [2.45, 2.75) is 25.7 Å². The Balaban J connectivity index is 1.70. The second-order valence-electron chi connectivity index (χ2n) is 7.46. The van der Waals surface area contributed by atoms with E-state index in [2.05, 4.69) is 10.1 Å². The summed E-state index contributed by atoms with van der Waals surface area (Å²) in [7, 11) is -3.61. The maximum Gasteiger partial charge on any atom is 0.280 e. The maximum atomic E-state index is 13.5. The van der Waals surface area contributed by atoms with E-state index < -0.39 is 15.9 Å². The lowest BCUT2D eigenvalue weighted by atomic mass is 10.2. The highest BCUT2D eigenvalue weighted by Crippen LogP contribution is 2.31. The lowest BCUT2D eigenvalue weighted by Crippen LogP contribution is -2.30. The Morgan fingerprint density at radius 3 is 2.47 bits per heavy atom. The van der Waals surface area contributed by atoms with Crippen LogP contribution in [0.1, 0.15) is 34.6 Å². The van der Waals surface area contributed by atoms with E-state index in [4.69, 9.17) is 0 Å². The molecular weight excluding hydrogens is 488 g/mol. The van der Waals surface area contributed by atoms with Gasteiger partial charge >= 0.3 is 0 Å². The first-order valence-corrected chi connectivity index (χ1v) is 13.9. The monoisotopic (exact) mass is 512 g/mol. The molecule has 0 aliphatic carbocycles. The third-order valence-corrected chi connectivity index (χ3v) is 9.06. The molecule has 0 unspecified atom stereocenters. The SMILES string of the molecule is CCN(CC)S(=O)(=O)c1ccc(C(=O)N(/N=C/c2cccs2)c2nc3ccc(C)cc3s2)cc1. The fraction of sp³-hybridized carbons (Fsp3) is 0.208. The molecule has 0 radical (unpaired) electrons. The Bertz CT molecular complexity index is 1420. The van der Waals surface area contributed by atoms with E-state index in [-0.39, 0.29) is 4.90 Å². The predicted octanol–water partition coefficient (Wildman–Crippen LogP) is 5.38. The summed E-state index contributed by atoms with van der Waals surface area (Å²) in [4.78, 5) is 19.1. The van der Waals surface area contributed by atoms with Gasteiger partial charge in [-0.25, -0.2) is 13.4 Å². The Morgan fingerprint density at radius 1 is 1.09 bits per heavy atom. The predicted molar refractivity (Wildman–Crippen MR) is 140 cm³/mol. The molecule has 1 amide bonds. The second kappa shape index (κ2) is 10.1. The van der Waals surface area contributed by atoms with Gasteiger partial charge in [-0.05, 0) is 60.3 Å². The minimum Gasteiger partial charge on any atom is -0.267 e. The van der Waals surface area contributed by atoms with Crippen molar-refractivity contribution in [2.24, 2.45) is 5.10 Å². The van der Waals surface area contributed by atoms with Crippen LogP contribution in [0.4, 0.5) is 5.13 Å². The molecule has 2 heterocycles. The quantitative estimate of drug-likeness (QED) is 0.234. The van der Waals surface area contributed by atoms with Crippen molar-refractivity contribution >= 4 is 60.2 Å². The Morgan fingerprint density at radius 2 is 1.82 bits per heavy atom. The summed E-state index contributed by atoms with van der Waals surface area (Å²) >= 11 is 2.89. The van der Waals surface area contributed by atoms with Crippen LogP contribution in [0.2, 0.25) is 0 Å². The molecule has 176 valence electrons. The number of thiophene rings is 1. The number of amides is 1. The van der Waals surface area contributed by atoms with Gasteiger partial charge in [-0.1, -0.05) is 37.3 Å². The maximum absolute atomic E-state index is 13.5. The molecular formula is C24H24N4O3S3. The number of rotatable bonds is 8. The van der Waals surface area contributed by atoms with Crippen LogP contribution in [0.15, 0.2) is 70.0 Å². The summed E-state index contributed by atoms with van der Waals surface area (Å²) < 4.78 is 27.9. The van der Waals surface area contributed by atoms with Crippen molar-refractivity contribution in [3.05, 3.63) is 76.0 Å². The van der Waals surface area contributed by atoms with Gasteiger partial charge in [0.05, 0.1) is 21.3 Å². The molecule has 10 heteroatoms. The van der Waals surface area contributed by atoms with Crippen LogP contribution in [0.25, 0.3) is 10.2 Å². The van der Waals surface area contributed by atoms with Crippen molar-refractivity contribution in [3.63, 3.8) is 0 Å². The zero-order valence-electron chi connectivity index (χ0n) is 19.0. The smallest absolute Gasteiger partial charge is 0.267 e. The largest absolute Gasteiger partial charge is 0.280 e. The summed E-state index contributed by atoms with van der Waals surface area (Å²) in [5, 5.41) is 8.09. The van der Waals surface area contributed by atoms with E-state index >= 15 is 0 Å². The summed E-state index contributed by atoms with van der Waals surface area (Å²) in [5.41, 5.74) is 2.21. The third kappa shape index (κ3) is 4.95. The number of sulfonamides is 1. The average Bonchev–Trinajstić information content (AvgIpc) is 3.49. The van der Waals surface area contributed by atoms with Crippen LogP contribution in [-0.4, -0.2) is 42.9 Å². The summed E-state index contributed by atoms with van der Waals surface area (Å²) in [5.74, 6) is -0.393. The molecule has 0 N–H and O–H groups in total. The van der Waals surface area contributed by atoms with E-state index in [0.717, 1.165) is 20.7 Å². The fourth-order valence-corrected chi connectivity index (χ4v) is 6.44. The number of anilines is 1. The topological polar surface area (TPSA) is 82.9 Å². The molecule has 4 aromatic rings. The molecule has 0 saturated heterocycles. The molecule has 0 aliphatic heterocycles. The van der Waals surface area contributed by atoms with Crippen LogP contribution < -0.4 is 5.01 Å². The van der Waals surface area contributed by atoms with Gasteiger partial charge in [-0.3, -0.25) is 4.79 Å². The number of fused-ring (bicyclic) bond motifs is 1. The number of hydrogen-bond acceptors (Lipinski definition) is 7. The number of carbonyl (C=O) groups is 1. The van der Waals surface area contributed by atoms with E-state index in [9.17, 15) is 13.2 Å². The highest BCUT2D eigenvalue weighted by atomic mass is 32.2. The zero-order valence-corrected chi connectivity index (χ0v) is 21.5. The van der Waals surface area contributed by atoms with E-state index in [1.54, 1.807) is 20.1 Å². The summed E-state index contributed by atoms with van der Waals surface area (Å²) in [6, 6.07) is 15.7. The van der Waals surface area contributed by atoms with Crippen LogP contribution >= 0.6 is 22.7 Å². The number of hydrazone groups is 1. The first-order chi connectivity index (χ1) is 16.3. The highest BCUT2D eigenvalue weighted by molar-refractivity contribution is 7.89. The summed E-state index contributed by atoms with van der Waals surface area (Å²) in [6.45, 7) is 6.35. The van der Waals surface area contributed by atoms with E-state index in [0.29, 0.717) is 23.8 Å². The van der Waals surface area contributed by atoms with Gasteiger partial charge in [-0.2, -0.15) is 14.4 Å². The summed E-state index contributed by atoms with van der Waals surface area (Å²) in [6.07, 6.45) is 1.62. The molecule has 0 spiro atoms. The third-order valence-electron chi connectivity index (χ3n) is 5.19. The number of hydrogen-bond donors (Lipinski definition) is 0. The van der Waals surface area contributed by atoms with Gasteiger partial charge < -0.3 is 0 Å². The Hall–Kier alpha value is -2.92. The zero-order chi connectivity index (χ0) is 24.3. The van der Waals surface area contributed by atoms with Gasteiger partial charge in [0, 0.05) is 23.5 Å². The van der Waals surface area contributed by atoms with Gasteiger partial charge in [-0.15, -0.1) is 11.3 Å². The van der Waals surface area contributed by atoms with Gasteiger partial charge in [0.25, 0.3) is 5.91 Å². The molecule has 2 aromatic carbocycles. The number of carbonyl (C=O) groups excluding carboxylic acids is 1. The minimum atomic E-state index is -3.61. The molecule has 0 aliphatic rings. The van der Waals surface area contributed by atoms with Gasteiger partial charge in [0.1, 0.15) is 0 Å². The molecule has 34 heavy (non-hydrogen) atoms. The molecule has 2 aromatic heterocycles. The first kappa shape index (κ1) is 24.2. The lowest BCUT2D eigenvalue weighted by molar-refractivity contribution is 0.0987. The van der Waals surface area contributed by atoms with Crippen LogP contribution in [-0.2, 0) is 10.0 Å². The molecule has 0 saturated carbocycles. The number of aromatic nitrogens is 1. The first-order valence-electron chi connectivity index (χ1n) is 10.7. The van der Waals surface area contributed by atoms with Crippen LogP contribution in [0.5, 0.6) is 0 Å². The number of thiazole rings is 1. The molecule has 0 atom stereocenters. The minimum absolute atomic E-state index is 0.150. The van der Waals surface area contributed by atoms with Crippen molar-refractivity contribution in [2.75, 3.05) is 18.1 Å². The second-order valence-corrected chi connectivity index (χ2v) is 11.4. The van der Waals surface area contributed by atoms with Gasteiger partial charge in [0.2, 0.25) is 15.2 Å². The van der Waals surface area contributed by atoms with Gasteiger partial charge in [0.15, 0.2) is 0 Å². The number of aryl methyl sites for hydroxylation is 1. The Kier molecular flexibility index (Phi) is 7.22. The normalized spacial score (nSPS) is 12.1. The number of nitrogens with zero attached hydrogens (tertiary/aromatic N) is 4. The van der Waals surface area contributed by atoms with Crippen LogP contribution in [0.3, 0.4) is 0 Å². The number of benzene rings is 2. The molecule has 0 bridgehead atoms. The van der Waals surface area contributed by atoms with Crippen molar-refractivity contribution < 1.29 is 13.2 Å². The standard InChI is InChI=1S/C24H24N4O3S3/c1-4-27(5-2)34(30,31)20-11-9-18(10-12-20)23(29)28(25-16-19-7-6-14-32-19)24-26-21-13-8-17(3)15-22(21)33-24/h6-16H,4-5H2,1-3H3/b25-16+. The molecule has 0 fully saturated rings. The van der Waals surface area contributed by atoms with E-state index in [1.165, 1.54) is 56.3 Å². The van der Waals surface area contributed by atoms with Crippen molar-refractivity contribution in [3.8, 4) is 0 Å². The van der Waals surface area contributed by atoms with E-state index in [1.807, 2.05) is 42.6 Å². The Labute approximate surface area is 207 Å². The van der Waals surface area contributed by atoms with Crippen LogP contribution in [0, 0.1) is 6.92 Å². The molecule has 4 rings (SSSR count). The molecule has 7 nitrogen and oxygen atoms in total. The lowest BCUT2D eigenvalue weighted by Gasteiger charge is -2.19. The highest BCUT2D eigenvalue weighted by Gasteiger charge is 2.24. The van der Waals surface area contributed by atoms with Crippen molar-refractivity contribution in [1.29, 1.82) is 0 Å². The fourth-order valence-electron chi connectivity index (χ4n) is 3.38.